The number of nitrogens with zero attached hydrogens (tertiary/aromatic N) is 2. The monoisotopic (exact) mass is 703 g/mol. The first kappa shape index (κ1) is 36.9. The van der Waals surface area contributed by atoms with E-state index in [0.717, 1.165) is 12.0 Å². The molecule has 250 valence electrons. The zero-order valence-electron chi connectivity index (χ0n) is 26.2. The van der Waals surface area contributed by atoms with Gasteiger partial charge in [-0.25, -0.2) is 14.2 Å². The summed E-state index contributed by atoms with van der Waals surface area (Å²) in [7, 11) is 1.06. The molecule has 49 heavy (non-hydrogen) atoms. The maximum absolute atomic E-state index is 13.4. The van der Waals surface area contributed by atoms with Crippen LogP contribution in [0.3, 0.4) is 0 Å². The molecule has 4 amide bonds. The quantitative estimate of drug-likeness (QED) is 0.0783. The molecular weight excluding hydrogens is 677 g/mol. The van der Waals surface area contributed by atoms with Crippen molar-refractivity contribution in [3.63, 3.8) is 0 Å². The molecular formula is C30H26N5NaO12S. The van der Waals surface area contributed by atoms with Gasteiger partial charge in [-0.2, -0.15) is 0 Å². The van der Waals surface area contributed by atoms with Crippen molar-refractivity contribution in [1.82, 2.24) is 25.4 Å². The number of methoxy groups -OCH3 is 1. The molecule has 1 fully saturated rings. The Morgan fingerprint density at radius 3 is 2.43 bits per heavy atom. The predicted octanol–water partition coefficient (Wildman–Crippen LogP) is -4.50. The number of amides is 4. The number of thioether (sulfide) groups is 1. The molecule has 17 nitrogen and oxygen atoms in total. The second kappa shape index (κ2) is 15.5. The average Bonchev–Trinajstić information content (AvgIpc) is 3.07. The minimum absolute atomic E-state index is 0. The van der Waals surface area contributed by atoms with Crippen LogP contribution in [0.1, 0.15) is 18.5 Å². The standard InChI is InChI=1S/C30H27N5O12S.Na/c1-14-13-48-27-21(26(40)35(27)22(14)28(41)42)33-24(38)20(15-7-4-3-5-8-15)32-18(36)11-31-19(37)12-34-25(39)16-9-6-10-17(46-30(44)45-2)23(16)47-29(34)43;/h3-10,20-21,27H,11-13H2,1-2H3,(H,31,37)(H,32,36)(H,33,38)(H,41,42);/q;+1/p-1/t20-,21-,27-;/m1./s1. The zero-order chi connectivity index (χ0) is 34.7. The fourth-order valence-electron chi connectivity index (χ4n) is 5.04. The number of ether oxygens (including phenoxy) is 2. The maximum atomic E-state index is 13.4. The summed E-state index contributed by atoms with van der Waals surface area (Å²) in [6.07, 6.45) is -1.12. The topological polar surface area (TPSA) is 235 Å². The summed E-state index contributed by atoms with van der Waals surface area (Å²) in [4.78, 5) is 102. The van der Waals surface area contributed by atoms with Gasteiger partial charge in [-0.05, 0) is 30.2 Å². The summed E-state index contributed by atoms with van der Waals surface area (Å²) in [6, 6.07) is 9.54. The molecule has 2 aliphatic rings. The summed E-state index contributed by atoms with van der Waals surface area (Å²) in [6.45, 7) is 0.0616. The molecule has 2 aliphatic heterocycles. The SMILES string of the molecule is COC(=O)Oc1cccc2c(=O)n(CC(=O)NCC(=O)N[C@@H](C(=O)N[C@@H]3C(=O)N4C(C(=O)[O-])=C(C)CS[C@H]34)c3ccccc3)c(=O)oc12.[Na+]. The van der Waals surface area contributed by atoms with Crippen LogP contribution in [-0.2, 0) is 35.3 Å². The number of hydrogen-bond donors (Lipinski definition) is 3. The van der Waals surface area contributed by atoms with Crippen LogP contribution in [0.15, 0.2) is 73.8 Å². The number of aromatic nitrogens is 1. The summed E-state index contributed by atoms with van der Waals surface area (Å²) < 4.78 is 14.9. The first-order valence-corrected chi connectivity index (χ1v) is 15.2. The number of hydrogen-bond acceptors (Lipinski definition) is 13. The van der Waals surface area contributed by atoms with E-state index in [-0.39, 0.29) is 52.0 Å². The van der Waals surface area contributed by atoms with Crippen molar-refractivity contribution in [2.75, 3.05) is 19.4 Å². The molecule has 5 rings (SSSR count). The van der Waals surface area contributed by atoms with E-state index >= 15 is 0 Å². The number of carbonyl (C=O) groups excluding carboxylic acids is 6. The molecule has 0 bridgehead atoms. The van der Waals surface area contributed by atoms with Gasteiger partial charge in [0.2, 0.25) is 17.7 Å². The number of fused-ring (bicyclic) bond motifs is 2. The van der Waals surface area contributed by atoms with Crippen LogP contribution in [-0.4, -0.2) is 76.0 Å². The van der Waals surface area contributed by atoms with E-state index in [1.54, 1.807) is 37.3 Å². The number of aliphatic carboxylic acids is 1. The van der Waals surface area contributed by atoms with Gasteiger partial charge >= 0.3 is 41.5 Å². The number of carbonyl (C=O) groups is 6. The van der Waals surface area contributed by atoms with E-state index < -0.39 is 77.6 Å². The van der Waals surface area contributed by atoms with Gasteiger partial charge in [0, 0.05) is 5.75 Å². The van der Waals surface area contributed by atoms with Crippen LogP contribution in [0, 0.1) is 0 Å². The van der Waals surface area contributed by atoms with Crippen molar-refractivity contribution in [2.24, 2.45) is 0 Å². The number of nitrogens with one attached hydrogen (secondary N) is 3. The van der Waals surface area contributed by atoms with Crippen molar-refractivity contribution in [2.45, 2.75) is 30.9 Å². The second-order valence-corrected chi connectivity index (χ2v) is 11.6. The Morgan fingerprint density at radius 1 is 1.04 bits per heavy atom. The molecule has 3 atom stereocenters. The average molecular weight is 704 g/mol. The van der Waals surface area contributed by atoms with Crippen LogP contribution >= 0.6 is 11.8 Å². The van der Waals surface area contributed by atoms with E-state index in [1.165, 1.54) is 30.0 Å². The largest absolute Gasteiger partial charge is 1.00 e. The maximum Gasteiger partial charge on any atom is 1.00 e. The molecule has 1 aromatic heterocycles. The number of carboxylic acids is 1. The fraction of sp³-hybridized carbons (Fsp3) is 0.267. The molecule has 2 aromatic carbocycles. The van der Waals surface area contributed by atoms with E-state index in [4.69, 9.17) is 9.15 Å². The smallest absolute Gasteiger partial charge is 0.543 e. The second-order valence-electron chi connectivity index (χ2n) is 10.4. The van der Waals surface area contributed by atoms with Gasteiger partial charge in [0.1, 0.15) is 24.0 Å². The molecule has 0 aliphatic carbocycles. The molecule has 0 unspecified atom stereocenters. The third-order valence-corrected chi connectivity index (χ3v) is 8.75. The van der Waals surface area contributed by atoms with Crippen molar-refractivity contribution in [1.29, 1.82) is 0 Å². The zero-order valence-corrected chi connectivity index (χ0v) is 29.0. The van der Waals surface area contributed by atoms with E-state index in [1.807, 2.05) is 0 Å². The number of carboxylic acid groups (broad SMARTS) is 1. The summed E-state index contributed by atoms with van der Waals surface area (Å²) in [5.74, 6) is -5.87. The first-order chi connectivity index (χ1) is 22.9. The minimum atomic E-state index is -1.50. The van der Waals surface area contributed by atoms with Gasteiger partial charge in [0.25, 0.3) is 11.5 Å². The van der Waals surface area contributed by atoms with Crippen LogP contribution < -0.4 is 66.7 Å². The normalized spacial score (nSPS) is 17.1. The van der Waals surface area contributed by atoms with Crippen LogP contribution in [0.25, 0.3) is 11.0 Å². The Morgan fingerprint density at radius 2 is 1.76 bits per heavy atom. The van der Waals surface area contributed by atoms with Gasteiger partial charge < -0.3 is 39.7 Å². The van der Waals surface area contributed by atoms with Crippen molar-refractivity contribution < 1.29 is 77.3 Å². The van der Waals surface area contributed by atoms with Gasteiger partial charge in [-0.15, -0.1) is 11.8 Å². The first-order valence-electron chi connectivity index (χ1n) is 14.1. The van der Waals surface area contributed by atoms with E-state index in [9.17, 15) is 43.5 Å². The van der Waals surface area contributed by atoms with Crippen LogP contribution in [0.5, 0.6) is 5.75 Å². The Kier molecular flexibility index (Phi) is 11.7. The summed E-state index contributed by atoms with van der Waals surface area (Å²) in [5, 5.41) is 18.1. The Labute approximate surface area is 302 Å². The number of para-hydroxylation sites is 1. The number of rotatable bonds is 10. The molecule has 3 heterocycles. The van der Waals surface area contributed by atoms with Crippen LogP contribution in [0.4, 0.5) is 4.79 Å². The predicted molar refractivity (Wildman–Crippen MR) is 163 cm³/mol. The molecule has 0 saturated carbocycles. The summed E-state index contributed by atoms with van der Waals surface area (Å²) >= 11 is 1.26. The van der Waals surface area contributed by atoms with Gasteiger partial charge in [0.15, 0.2) is 11.3 Å². The number of β-lactam (4-membered cyclic amide) rings is 1. The van der Waals surface area contributed by atoms with E-state index in [0.29, 0.717) is 21.5 Å². The third kappa shape index (κ3) is 7.72. The Balaban J connectivity index is 0.00000541. The van der Waals surface area contributed by atoms with Gasteiger partial charge in [-0.3, -0.25) is 28.9 Å². The van der Waals surface area contributed by atoms with Crippen LogP contribution in [0.2, 0.25) is 0 Å². The molecule has 3 N–H and O–H groups in total. The van der Waals surface area contributed by atoms with Crippen molar-refractivity contribution in [3.8, 4) is 5.75 Å². The van der Waals surface area contributed by atoms with Crippen molar-refractivity contribution >= 4 is 58.5 Å². The third-order valence-electron chi connectivity index (χ3n) is 7.32. The number of benzene rings is 2. The van der Waals surface area contributed by atoms with Gasteiger partial charge in [-0.1, -0.05) is 36.4 Å². The van der Waals surface area contributed by atoms with Gasteiger partial charge in [0.05, 0.1) is 30.7 Å². The molecule has 3 aromatic rings. The molecule has 0 spiro atoms. The Hall–Kier alpha value is -4.91. The molecule has 1 saturated heterocycles. The minimum Gasteiger partial charge on any atom is -0.543 e. The Bertz CT molecular complexity index is 2000. The van der Waals surface area contributed by atoms with Crippen molar-refractivity contribution in [3.05, 3.63) is 86.3 Å². The van der Waals surface area contributed by atoms with E-state index in [2.05, 4.69) is 20.7 Å². The summed E-state index contributed by atoms with van der Waals surface area (Å²) in [5.41, 5.74) is -0.717. The molecule has 19 heteroatoms. The fourth-order valence-corrected chi connectivity index (χ4v) is 6.34. The molecule has 0 radical (unpaired) electrons.